The Hall–Kier alpha value is -5.02. The molecule has 3 aromatic carbocycles. The van der Waals surface area contributed by atoms with Crippen molar-refractivity contribution in [3.8, 4) is 17.6 Å². The minimum absolute atomic E-state index is 0.0390. The summed E-state index contributed by atoms with van der Waals surface area (Å²) in [5, 5.41) is 13.2. The van der Waals surface area contributed by atoms with Crippen LogP contribution in [-0.2, 0) is 41.7 Å². The van der Waals surface area contributed by atoms with Crippen LogP contribution in [0, 0.1) is 17.2 Å². The number of carbonyl (C=O) groups excluding carboxylic acids is 5. The van der Waals surface area contributed by atoms with Gasteiger partial charge in [0.2, 0.25) is 0 Å². The predicted octanol–water partition coefficient (Wildman–Crippen LogP) is 11.4. The van der Waals surface area contributed by atoms with Crippen molar-refractivity contribution in [1.82, 2.24) is 10.0 Å². The van der Waals surface area contributed by atoms with Crippen LogP contribution in [0.3, 0.4) is 0 Å². The van der Waals surface area contributed by atoms with Crippen molar-refractivity contribution in [3.05, 3.63) is 91.4 Å². The first-order valence-corrected chi connectivity index (χ1v) is 23.7. The van der Waals surface area contributed by atoms with E-state index in [1.165, 1.54) is 10.0 Å². The van der Waals surface area contributed by atoms with Crippen LogP contribution in [0.25, 0.3) is 0 Å². The zero-order valence-corrected chi connectivity index (χ0v) is 39.6. The van der Waals surface area contributed by atoms with Gasteiger partial charge in [-0.05, 0) is 65.0 Å². The number of ether oxygens (including phenoxy) is 5. The van der Waals surface area contributed by atoms with Crippen LogP contribution >= 0.6 is 47.0 Å². The summed E-state index contributed by atoms with van der Waals surface area (Å²) >= 11 is 3.91. The van der Waals surface area contributed by atoms with Crippen LogP contribution in [0.15, 0.2) is 99.9 Å². The standard InChI is InChI=1S/C46H49N3O10S4/c1-9-11-18-27(10-2)26-55-40(52)30(23-47)41-60-34-32(56-43(53)58-45(3,4)5)36-37(33(35(34)61-41)57-44(54)59-46(6,7)8)63-42(62-36)31-38(50)48(24-28-19-14-12-15-20-28)49(39(31)51)25-29-21-16-13-17-22-29/h12-17,19-22,27H,9-11,18,24-26H2,1-8H3. The van der Waals surface area contributed by atoms with Crippen molar-refractivity contribution in [1.29, 1.82) is 5.26 Å². The zero-order valence-electron chi connectivity index (χ0n) is 36.4. The van der Waals surface area contributed by atoms with E-state index in [9.17, 15) is 29.2 Å². The number of benzene rings is 3. The lowest BCUT2D eigenvalue weighted by Crippen LogP contribution is -2.39. The van der Waals surface area contributed by atoms with E-state index in [2.05, 4.69) is 6.92 Å². The summed E-state index contributed by atoms with van der Waals surface area (Å²) in [5.41, 5.74) is -0.710. The van der Waals surface area contributed by atoms with E-state index in [1.54, 1.807) is 41.5 Å². The Morgan fingerprint density at radius 3 is 1.54 bits per heavy atom. The van der Waals surface area contributed by atoms with Crippen molar-refractivity contribution < 1.29 is 47.7 Å². The topological polar surface area (TPSA) is 162 Å². The number of nitrogens with zero attached hydrogens (tertiary/aromatic N) is 3. The van der Waals surface area contributed by atoms with E-state index in [0.717, 1.165) is 83.9 Å². The highest BCUT2D eigenvalue weighted by atomic mass is 32.2. The van der Waals surface area contributed by atoms with E-state index in [0.29, 0.717) is 0 Å². The summed E-state index contributed by atoms with van der Waals surface area (Å²) in [6, 6.07) is 20.6. The molecule has 6 rings (SSSR count). The maximum atomic E-state index is 14.6. The largest absolute Gasteiger partial charge is 0.514 e. The average molecular weight is 932 g/mol. The summed E-state index contributed by atoms with van der Waals surface area (Å²) in [6.45, 7) is 14.5. The summed E-state index contributed by atoms with van der Waals surface area (Å²) in [6.07, 6.45) is 1.52. The number of nitriles is 1. The summed E-state index contributed by atoms with van der Waals surface area (Å²) < 4.78 is 29.3. The van der Waals surface area contributed by atoms with Crippen LogP contribution in [-0.4, -0.2) is 57.9 Å². The second kappa shape index (κ2) is 20.2. The van der Waals surface area contributed by atoms with Crippen LogP contribution in [0.4, 0.5) is 9.59 Å². The minimum Gasteiger partial charge on any atom is -0.461 e. The SMILES string of the molecule is CCCCC(CC)COC(=O)C(C#N)=C1Sc2c(OC(=O)OC(C)(C)C)c3c(c(OC(=O)OC(C)(C)C)c2S1)SC(=C1C(=O)N(Cc2ccccc2)N(Cc2ccccc2)C1=O)S3. The third kappa shape index (κ3) is 11.6. The van der Waals surface area contributed by atoms with Gasteiger partial charge in [0.15, 0.2) is 17.1 Å². The van der Waals surface area contributed by atoms with Gasteiger partial charge in [-0.1, -0.05) is 141 Å². The maximum absolute atomic E-state index is 14.6. The first kappa shape index (κ1) is 47.5. The van der Waals surface area contributed by atoms with Gasteiger partial charge in [-0.2, -0.15) is 5.26 Å². The van der Waals surface area contributed by atoms with E-state index in [-0.39, 0.29) is 76.3 Å². The molecule has 0 radical (unpaired) electrons. The van der Waals surface area contributed by atoms with Gasteiger partial charge in [-0.15, -0.1) is 0 Å². The molecule has 1 atom stereocenters. The monoisotopic (exact) mass is 931 g/mol. The number of rotatable bonds is 13. The van der Waals surface area contributed by atoms with E-state index >= 15 is 0 Å². The zero-order chi connectivity index (χ0) is 45.6. The van der Waals surface area contributed by atoms with E-state index < -0.39 is 41.3 Å². The van der Waals surface area contributed by atoms with Crippen molar-refractivity contribution in [2.24, 2.45) is 5.92 Å². The number of hydrogen-bond acceptors (Lipinski definition) is 15. The van der Waals surface area contributed by atoms with Crippen LogP contribution in [0.1, 0.15) is 92.2 Å². The van der Waals surface area contributed by atoms with Gasteiger partial charge in [0.1, 0.15) is 22.8 Å². The van der Waals surface area contributed by atoms with Gasteiger partial charge in [0.25, 0.3) is 11.8 Å². The number of amides is 2. The highest BCUT2D eigenvalue weighted by Gasteiger charge is 2.47. The van der Waals surface area contributed by atoms with Gasteiger partial charge in [0.05, 0.1) is 47.8 Å². The Kier molecular flexibility index (Phi) is 15.2. The second-order valence-corrected chi connectivity index (χ2v) is 21.3. The predicted molar refractivity (Wildman–Crippen MR) is 242 cm³/mol. The van der Waals surface area contributed by atoms with Crippen molar-refractivity contribution in [2.45, 2.75) is 125 Å². The molecule has 17 heteroatoms. The lowest BCUT2D eigenvalue weighted by molar-refractivity contribution is -0.149. The molecule has 0 aromatic heterocycles. The third-order valence-corrected chi connectivity index (χ3v) is 14.6. The first-order chi connectivity index (χ1) is 29.9. The molecule has 332 valence electrons. The molecular weight excluding hydrogens is 883 g/mol. The number of hydrazine groups is 1. The van der Waals surface area contributed by atoms with Crippen LogP contribution in [0.2, 0.25) is 0 Å². The number of fused-ring (bicyclic) bond motifs is 2. The van der Waals surface area contributed by atoms with Gasteiger partial charge in [-0.3, -0.25) is 9.59 Å². The smallest absolute Gasteiger partial charge is 0.461 e. The molecule has 1 saturated heterocycles. The van der Waals surface area contributed by atoms with Gasteiger partial charge < -0.3 is 23.7 Å². The van der Waals surface area contributed by atoms with Crippen LogP contribution in [0.5, 0.6) is 11.5 Å². The van der Waals surface area contributed by atoms with E-state index in [1.807, 2.05) is 73.7 Å². The molecule has 0 N–H and O–H groups in total. The summed E-state index contributed by atoms with van der Waals surface area (Å²) in [5.74, 6) is -1.87. The molecule has 0 spiro atoms. The maximum Gasteiger partial charge on any atom is 0.514 e. The summed E-state index contributed by atoms with van der Waals surface area (Å²) in [4.78, 5) is 70.6. The number of unbranched alkanes of at least 4 members (excludes halogenated alkanes) is 1. The molecule has 2 amide bonds. The Balaban J connectivity index is 1.47. The fraction of sp³-hybridized carbons (Fsp3) is 0.391. The molecule has 1 fully saturated rings. The molecule has 0 bridgehead atoms. The van der Waals surface area contributed by atoms with Gasteiger partial charge >= 0.3 is 18.3 Å². The number of hydrogen-bond donors (Lipinski definition) is 0. The molecule has 13 nitrogen and oxygen atoms in total. The Bertz CT molecular complexity index is 2250. The molecular formula is C46H49N3O10S4. The highest BCUT2D eigenvalue weighted by molar-refractivity contribution is 8.26. The van der Waals surface area contributed by atoms with Crippen LogP contribution < -0.4 is 9.47 Å². The molecule has 3 heterocycles. The van der Waals surface area contributed by atoms with Crippen molar-refractivity contribution in [2.75, 3.05) is 6.61 Å². The highest BCUT2D eigenvalue weighted by Crippen LogP contribution is 2.69. The lowest BCUT2D eigenvalue weighted by Gasteiger charge is -2.27. The Morgan fingerprint density at radius 1 is 0.698 bits per heavy atom. The second-order valence-electron chi connectivity index (χ2n) is 16.7. The lowest BCUT2D eigenvalue weighted by atomic mass is 10.0. The van der Waals surface area contributed by atoms with Crippen molar-refractivity contribution >= 4 is 77.1 Å². The Labute approximate surface area is 384 Å². The fourth-order valence-corrected chi connectivity index (χ4v) is 11.8. The van der Waals surface area contributed by atoms with Gasteiger partial charge in [-0.25, -0.2) is 24.4 Å². The van der Waals surface area contributed by atoms with Gasteiger partial charge in [0, 0.05) is 0 Å². The fourth-order valence-electron chi connectivity index (χ4n) is 6.41. The summed E-state index contributed by atoms with van der Waals surface area (Å²) in [7, 11) is 0. The number of thioether (sulfide) groups is 4. The molecule has 63 heavy (non-hydrogen) atoms. The molecule has 0 aliphatic carbocycles. The molecule has 1 unspecified atom stereocenters. The average Bonchev–Trinajstić information content (AvgIpc) is 3.91. The normalized spacial score (nSPS) is 15.2. The van der Waals surface area contributed by atoms with E-state index in [4.69, 9.17) is 23.7 Å². The third-order valence-electron chi connectivity index (χ3n) is 9.42. The molecule has 0 saturated carbocycles. The number of esters is 1. The quantitative estimate of drug-likeness (QED) is 0.0397. The molecule has 3 aromatic rings. The molecule has 3 aliphatic heterocycles. The molecule has 3 aliphatic rings. The van der Waals surface area contributed by atoms with Crippen molar-refractivity contribution in [3.63, 3.8) is 0 Å². The number of carbonyl (C=O) groups is 5. The first-order valence-electron chi connectivity index (χ1n) is 20.5. The Morgan fingerprint density at radius 2 is 1.14 bits per heavy atom. The minimum atomic E-state index is -1.06.